The van der Waals surface area contributed by atoms with E-state index in [2.05, 4.69) is 5.32 Å². The van der Waals surface area contributed by atoms with Crippen LogP contribution in [0.1, 0.15) is 18.7 Å². The highest BCUT2D eigenvalue weighted by Gasteiger charge is 2.23. The van der Waals surface area contributed by atoms with Gasteiger partial charge in [0.1, 0.15) is 4.21 Å². The van der Waals surface area contributed by atoms with Crippen LogP contribution in [-0.2, 0) is 21.2 Å². The van der Waals surface area contributed by atoms with E-state index in [1.807, 2.05) is 13.0 Å². The highest BCUT2D eigenvalue weighted by molar-refractivity contribution is 7.94. The zero-order chi connectivity index (χ0) is 16.3. The number of carbonyl (C=O) groups excluding carboxylic acids is 1. The predicted octanol–water partition coefficient (Wildman–Crippen LogP) is 3.09. The summed E-state index contributed by atoms with van der Waals surface area (Å²) in [5.41, 5.74) is 1.17. The molecule has 0 aliphatic rings. The highest BCUT2D eigenvalue weighted by Crippen LogP contribution is 2.28. The molecule has 118 valence electrons. The van der Waals surface area contributed by atoms with Gasteiger partial charge in [-0.25, -0.2) is 8.42 Å². The molecule has 0 radical (unpaired) electrons. The molecule has 22 heavy (non-hydrogen) atoms. The fourth-order valence-electron chi connectivity index (χ4n) is 1.92. The fourth-order valence-corrected chi connectivity index (χ4v) is 4.58. The number of hydrogen-bond donors (Lipinski definition) is 1. The summed E-state index contributed by atoms with van der Waals surface area (Å²) in [7, 11) is -2.03. The number of sulfonamides is 1. The van der Waals surface area contributed by atoms with E-state index in [0.717, 1.165) is 11.3 Å². The first kappa shape index (κ1) is 16.5. The van der Waals surface area contributed by atoms with Gasteiger partial charge in [0.25, 0.3) is 10.0 Å². The van der Waals surface area contributed by atoms with Crippen molar-refractivity contribution in [3.63, 3.8) is 0 Å². The van der Waals surface area contributed by atoms with E-state index in [1.54, 1.807) is 30.3 Å². The third-order valence-corrected chi connectivity index (χ3v) is 6.63. The second-order valence-electron chi connectivity index (χ2n) is 4.77. The Hall–Kier alpha value is -1.86. The first-order valence-electron chi connectivity index (χ1n) is 6.80. The highest BCUT2D eigenvalue weighted by atomic mass is 32.2. The normalized spacial score (nSPS) is 11.2. The first-order chi connectivity index (χ1) is 10.3. The Kier molecular flexibility index (Phi) is 4.87. The number of hydrogen-bond acceptors (Lipinski definition) is 4. The molecule has 0 aliphatic heterocycles. The predicted molar refractivity (Wildman–Crippen MR) is 90.0 cm³/mol. The molecule has 1 aromatic carbocycles. The Labute approximate surface area is 134 Å². The van der Waals surface area contributed by atoms with Crippen LogP contribution >= 0.6 is 11.3 Å². The van der Waals surface area contributed by atoms with Crippen molar-refractivity contribution in [2.24, 2.45) is 0 Å². The van der Waals surface area contributed by atoms with Crippen molar-refractivity contribution in [3.8, 4) is 0 Å². The number of nitrogens with zero attached hydrogens (tertiary/aromatic N) is 1. The van der Waals surface area contributed by atoms with E-state index in [9.17, 15) is 13.2 Å². The van der Waals surface area contributed by atoms with Gasteiger partial charge < -0.3 is 5.32 Å². The minimum absolute atomic E-state index is 0.167. The van der Waals surface area contributed by atoms with Crippen LogP contribution in [-0.4, -0.2) is 21.4 Å². The Morgan fingerprint density at radius 1 is 1.18 bits per heavy atom. The lowest BCUT2D eigenvalue weighted by molar-refractivity contribution is -0.114. The van der Waals surface area contributed by atoms with Crippen molar-refractivity contribution in [2.45, 2.75) is 24.5 Å². The number of aryl methyl sites for hydroxylation is 1. The van der Waals surface area contributed by atoms with Gasteiger partial charge in [0.05, 0.1) is 5.69 Å². The molecule has 1 aromatic heterocycles. The van der Waals surface area contributed by atoms with Gasteiger partial charge in [-0.2, -0.15) is 0 Å². The molecule has 5 nitrogen and oxygen atoms in total. The van der Waals surface area contributed by atoms with Gasteiger partial charge in [-0.05, 0) is 42.8 Å². The number of thiophene rings is 1. The maximum Gasteiger partial charge on any atom is 0.273 e. The van der Waals surface area contributed by atoms with Crippen LogP contribution in [0, 0.1) is 0 Å². The van der Waals surface area contributed by atoms with Crippen LogP contribution in [0.15, 0.2) is 40.6 Å². The van der Waals surface area contributed by atoms with Gasteiger partial charge in [0.2, 0.25) is 5.91 Å². The van der Waals surface area contributed by atoms with Gasteiger partial charge in [-0.1, -0.05) is 6.92 Å². The summed E-state index contributed by atoms with van der Waals surface area (Å²) in [6.45, 7) is 3.42. The maximum atomic E-state index is 12.6. The summed E-state index contributed by atoms with van der Waals surface area (Å²) in [6, 6.07) is 10.2. The van der Waals surface area contributed by atoms with E-state index in [1.165, 1.54) is 29.6 Å². The van der Waals surface area contributed by atoms with Gasteiger partial charge in [0.15, 0.2) is 0 Å². The molecule has 0 aliphatic carbocycles. The van der Waals surface area contributed by atoms with Crippen LogP contribution < -0.4 is 9.62 Å². The topological polar surface area (TPSA) is 66.5 Å². The molecular weight excluding hydrogens is 320 g/mol. The molecule has 2 rings (SSSR count). The molecule has 1 N–H and O–H groups in total. The van der Waals surface area contributed by atoms with E-state index < -0.39 is 10.0 Å². The van der Waals surface area contributed by atoms with Gasteiger partial charge >= 0.3 is 0 Å². The van der Waals surface area contributed by atoms with Crippen molar-refractivity contribution in [1.29, 1.82) is 0 Å². The number of amides is 1. The van der Waals surface area contributed by atoms with Gasteiger partial charge in [-0.15, -0.1) is 11.3 Å². The molecular formula is C15H18N2O3S2. The van der Waals surface area contributed by atoms with E-state index in [0.29, 0.717) is 15.6 Å². The average Bonchev–Trinajstić information content (AvgIpc) is 2.96. The van der Waals surface area contributed by atoms with Crippen LogP contribution in [0.4, 0.5) is 11.4 Å². The smallest absolute Gasteiger partial charge is 0.273 e. The average molecular weight is 338 g/mol. The molecule has 0 saturated carbocycles. The SMILES string of the molecule is CCc1ccc(S(=O)(=O)N(C)c2ccc(NC(C)=O)cc2)s1. The third-order valence-electron chi connectivity index (χ3n) is 3.15. The molecule has 0 spiro atoms. The lowest BCUT2D eigenvalue weighted by Gasteiger charge is -2.18. The molecule has 2 aromatic rings. The number of rotatable bonds is 5. The number of benzene rings is 1. The number of carbonyl (C=O) groups is 1. The summed E-state index contributed by atoms with van der Waals surface area (Å²) in [5.74, 6) is -0.167. The van der Waals surface area contributed by atoms with Crippen molar-refractivity contribution in [1.82, 2.24) is 0 Å². The van der Waals surface area contributed by atoms with Crippen LogP contribution in [0.25, 0.3) is 0 Å². The molecule has 0 bridgehead atoms. The molecule has 1 heterocycles. The third kappa shape index (κ3) is 3.48. The molecule has 0 saturated heterocycles. The minimum atomic E-state index is -3.55. The lowest BCUT2D eigenvalue weighted by Crippen LogP contribution is -2.25. The van der Waals surface area contributed by atoms with Crippen LogP contribution in [0.2, 0.25) is 0 Å². The monoisotopic (exact) mass is 338 g/mol. The summed E-state index contributed by atoms with van der Waals surface area (Å²) < 4.78 is 26.8. The number of nitrogens with one attached hydrogen (secondary N) is 1. The van der Waals surface area contributed by atoms with Gasteiger partial charge in [0, 0.05) is 24.5 Å². The Morgan fingerprint density at radius 3 is 2.32 bits per heavy atom. The number of anilines is 2. The van der Waals surface area contributed by atoms with Crippen LogP contribution in [0.5, 0.6) is 0 Å². The molecule has 0 atom stereocenters. The Morgan fingerprint density at radius 2 is 1.82 bits per heavy atom. The maximum absolute atomic E-state index is 12.6. The van der Waals surface area contributed by atoms with Crippen molar-refractivity contribution in [3.05, 3.63) is 41.3 Å². The first-order valence-corrected chi connectivity index (χ1v) is 9.05. The van der Waals surface area contributed by atoms with Crippen molar-refractivity contribution in [2.75, 3.05) is 16.7 Å². The standard InChI is InChI=1S/C15H18N2O3S2/c1-4-14-9-10-15(21-14)22(19,20)17(3)13-7-5-12(6-8-13)16-11(2)18/h5-10H,4H2,1-3H3,(H,16,18). The molecule has 0 fully saturated rings. The largest absolute Gasteiger partial charge is 0.326 e. The van der Waals surface area contributed by atoms with E-state index in [4.69, 9.17) is 0 Å². The lowest BCUT2D eigenvalue weighted by atomic mass is 10.3. The van der Waals surface area contributed by atoms with Crippen LogP contribution in [0.3, 0.4) is 0 Å². The summed E-state index contributed by atoms with van der Waals surface area (Å²) >= 11 is 1.29. The van der Waals surface area contributed by atoms with E-state index in [-0.39, 0.29) is 5.91 Å². The summed E-state index contributed by atoms with van der Waals surface area (Å²) in [5, 5.41) is 2.65. The second kappa shape index (κ2) is 6.50. The van der Waals surface area contributed by atoms with Gasteiger partial charge in [-0.3, -0.25) is 9.10 Å². The quantitative estimate of drug-likeness (QED) is 0.911. The molecule has 1 amide bonds. The van der Waals surface area contributed by atoms with Crippen molar-refractivity contribution >= 4 is 38.6 Å². The molecule has 0 unspecified atom stereocenters. The van der Waals surface area contributed by atoms with E-state index >= 15 is 0 Å². The van der Waals surface area contributed by atoms with Crippen molar-refractivity contribution < 1.29 is 13.2 Å². The summed E-state index contributed by atoms with van der Waals surface area (Å²) in [4.78, 5) is 12.0. The zero-order valence-corrected chi connectivity index (χ0v) is 14.3. The zero-order valence-electron chi connectivity index (χ0n) is 12.7. The Bertz CT molecular complexity index is 764. The minimum Gasteiger partial charge on any atom is -0.326 e. The summed E-state index contributed by atoms with van der Waals surface area (Å²) in [6.07, 6.45) is 0.815. The molecule has 7 heteroatoms. The second-order valence-corrected chi connectivity index (χ2v) is 8.14. The fraction of sp³-hybridized carbons (Fsp3) is 0.267. The Balaban J connectivity index is 2.26.